The normalized spacial score (nSPS) is 32.8. The summed E-state index contributed by atoms with van der Waals surface area (Å²) in [6.45, 7) is 0. The SMILES string of the molecule is FC1(F)C(F)(F)C(F)(F)C(F)(CBr)C(F)(F)C1(F)F. The monoisotopic (exact) mass is 374 g/mol. The lowest BCUT2D eigenvalue weighted by atomic mass is 9.73. The predicted molar refractivity (Wildman–Crippen MR) is 42.4 cm³/mol. The van der Waals surface area contributed by atoms with E-state index in [-0.39, 0.29) is 0 Å². The molecule has 0 amide bonds. The third-order valence-electron chi connectivity index (χ3n) is 2.76. The molecule has 1 saturated carbocycles. The Morgan fingerprint density at radius 3 is 0.895 bits per heavy atom. The molecular formula is C7H2BrF11. The molecule has 1 aliphatic rings. The molecule has 0 aromatic carbocycles. The van der Waals surface area contributed by atoms with Crippen molar-refractivity contribution in [3.8, 4) is 0 Å². The van der Waals surface area contributed by atoms with E-state index in [1.165, 1.54) is 0 Å². The zero-order chi connectivity index (χ0) is 15.7. The summed E-state index contributed by atoms with van der Waals surface area (Å²) in [7, 11) is 0. The van der Waals surface area contributed by atoms with E-state index in [0.29, 0.717) is 0 Å². The van der Waals surface area contributed by atoms with Crippen molar-refractivity contribution in [3.63, 3.8) is 0 Å². The van der Waals surface area contributed by atoms with Crippen LogP contribution in [0.5, 0.6) is 0 Å². The van der Waals surface area contributed by atoms with E-state index in [2.05, 4.69) is 0 Å². The summed E-state index contributed by atoms with van der Waals surface area (Å²) in [5, 5.41) is -2.40. The van der Waals surface area contributed by atoms with Gasteiger partial charge < -0.3 is 0 Å². The van der Waals surface area contributed by atoms with Gasteiger partial charge in [0.2, 0.25) is 0 Å². The standard InChI is InChI=1S/C7H2BrF11/c8-1-2(9)3(10,11)5(14,15)7(18,19)6(16,17)4(2,12)13/h1H2. The largest absolute Gasteiger partial charge is 0.384 e. The third kappa shape index (κ3) is 1.36. The van der Waals surface area contributed by atoms with Crippen LogP contribution < -0.4 is 0 Å². The van der Waals surface area contributed by atoms with Crippen LogP contribution in [-0.4, -0.2) is 40.6 Å². The number of alkyl halides is 12. The van der Waals surface area contributed by atoms with Crippen LogP contribution >= 0.6 is 15.9 Å². The molecule has 1 aliphatic carbocycles. The van der Waals surface area contributed by atoms with Crippen molar-refractivity contribution in [3.05, 3.63) is 0 Å². The van der Waals surface area contributed by atoms with Crippen LogP contribution in [0.2, 0.25) is 0 Å². The van der Waals surface area contributed by atoms with Gasteiger partial charge in [0.15, 0.2) is 0 Å². The van der Waals surface area contributed by atoms with Crippen molar-refractivity contribution in [2.24, 2.45) is 0 Å². The highest BCUT2D eigenvalue weighted by atomic mass is 79.9. The van der Waals surface area contributed by atoms with Gasteiger partial charge in [0.1, 0.15) is 0 Å². The van der Waals surface area contributed by atoms with Gasteiger partial charge in [0.05, 0.1) is 5.33 Å². The molecule has 0 aliphatic heterocycles. The summed E-state index contributed by atoms with van der Waals surface area (Å²) in [5.74, 6) is -34.6. The molecule has 12 heteroatoms. The molecule has 0 bridgehead atoms. The molecular weight excluding hydrogens is 373 g/mol. The fraction of sp³-hybridized carbons (Fsp3) is 1.00. The molecule has 0 atom stereocenters. The van der Waals surface area contributed by atoms with E-state index in [9.17, 15) is 48.3 Å². The first kappa shape index (κ1) is 16.8. The van der Waals surface area contributed by atoms with Gasteiger partial charge in [-0.1, -0.05) is 15.9 Å². The minimum atomic E-state index is -7.13. The average Bonchev–Trinajstić information content (AvgIpc) is 2.24. The van der Waals surface area contributed by atoms with Crippen molar-refractivity contribution < 1.29 is 48.3 Å². The van der Waals surface area contributed by atoms with Crippen LogP contribution in [0.3, 0.4) is 0 Å². The van der Waals surface area contributed by atoms with Gasteiger partial charge in [-0.15, -0.1) is 0 Å². The van der Waals surface area contributed by atoms with Crippen LogP contribution in [0.15, 0.2) is 0 Å². The minimum absolute atomic E-state index is 1.61. The van der Waals surface area contributed by atoms with Crippen LogP contribution in [0.25, 0.3) is 0 Å². The highest BCUT2D eigenvalue weighted by Crippen LogP contribution is 2.69. The smallest absolute Gasteiger partial charge is 0.229 e. The Bertz CT molecular complexity index is 357. The fourth-order valence-corrected chi connectivity index (χ4v) is 2.16. The summed E-state index contributed by atoms with van der Waals surface area (Å²) in [6.07, 6.45) is 0. The minimum Gasteiger partial charge on any atom is -0.229 e. The zero-order valence-corrected chi connectivity index (χ0v) is 9.83. The van der Waals surface area contributed by atoms with E-state index >= 15 is 0 Å². The molecule has 0 unspecified atom stereocenters. The van der Waals surface area contributed by atoms with Gasteiger partial charge >= 0.3 is 29.6 Å². The van der Waals surface area contributed by atoms with E-state index in [0.717, 1.165) is 0 Å². The first-order valence-corrected chi connectivity index (χ1v) is 5.32. The number of rotatable bonds is 1. The van der Waals surface area contributed by atoms with E-state index < -0.39 is 40.6 Å². The summed E-state index contributed by atoms with van der Waals surface area (Å²) >= 11 is 1.61. The van der Waals surface area contributed by atoms with Crippen LogP contribution in [-0.2, 0) is 0 Å². The molecule has 0 heterocycles. The molecule has 0 spiro atoms. The number of halogens is 12. The van der Waals surface area contributed by atoms with Gasteiger partial charge in [-0.2, -0.15) is 43.9 Å². The summed E-state index contributed by atoms with van der Waals surface area (Å²) in [5.41, 5.74) is -5.89. The summed E-state index contributed by atoms with van der Waals surface area (Å²) < 4.78 is 141. The average molecular weight is 375 g/mol. The predicted octanol–water partition coefficient (Wildman–Crippen LogP) is 4.28. The molecule has 1 fully saturated rings. The maximum atomic E-state index is 13.4. The number of hydrogen-bond donors (Lipinski definition) is 0. The quantitative estimate of drug-likeness (QED) is 0.474. The Hall–Kier alpha value is -0.290. The van der Waals surface area contributed by atoms with Crippen LogP contribution in [0.1, 0.15) is 0 Å². The molecule has 0 radical (unpaired) electrons. The Morgan fingerprint density at radius 1 is 0.474 bits per heavy atom. The Balaban J connectivity index is 3.76. The van der Waals surface area contributed by atoms with Crippen molar-refractivity contribution in [1.29, 1.82) is 0 Å². The highest BCUT2D eigenvalue weighted by molar-refractivity contribution is 9.09. The molecule has 0 nitrogen and oxygen atoms in total. The van der Waals surface area contributed by atoms with Gasteiger partial charge in [0, 0.05) is 0 Å². The van der Waals surface area contributed by atoms with E-state index in [4.69, 9.17) is 0 Å². The van der Waals surface area contributed by atoms with Gasteiger partial charge in [-0.05, 0) is 0 Å². The first-order chi connectivity index (χ1) is 8.06. The second kappa shape index (κ2) is 3.67. The molecule has 114 valence electrons. The first-order valence-electron chi connectivity index (χ1n) is 4.20. The lowest BCUT2D eigenvalue weighted by molar-refractivity contribution is -0.481. The van der Waals surface area contributed by atoms with Crippen molar-refractivity contribution >= 4 is 15.9 Å². The number of hydrogen-bond acceptors (Lipinski definition) is 0. The molecule has 0 aromatic rings. The molecule has 0 aromatic heterocycles. The Kier molecular flexibility index (Phi) is 3.24. The molecule has 1 rings (SSSR count). The summed E-state index contributed by atoms with van der Waals surface area (Å²) in [6, 6.07) is 0. The molecule has 19 heavy (non-hydrogen) atoms. The van der Waals surface area contributed by atoms with E-state index in [1.54, 1.807) is 15.9 Å². The van der Waals surface area contributed by atoms with Gasteiger partial charge in [-0.25, -0.2) is 4.39 Å². The van der Waals surface area contributed by atoms with Gasteiger partial charge in [0.25, 0.3) is 5.67 Å². The Labute approximate surface area is 106 Å². The topological polar surface area (TPSA) is 0 Å². The van der Waals surface area contributed by atoms with Crippen LogP contribution in [0.4, 0.5) is 48.3 Å². The fourth-order valence-electron chi connectivity index (χ4n) is 1.45. The third-order valence-corrected chi connectivity index (χ3v) is 3.53. The molecule has 0 N–H and O–H groups in total. The lowest BCUT2D eigenvalue weighted by Crippen LogP contribution is -2.84. The lowest BCUT2D eigenvalue weighted by Gasteiger charge is -2.52. The van der Waals surface area contributed by atoms with Crippen molar-refractivity contribution in [2.45, 2.75) is 35.3 Å². The second-order valence-corrected chi connectivity index (χ2v) is 4.37. The Morgan fingerprint density at radius 2 is 0.684 bits per heavy atom. The van der Waals surface area contributed by atoms with E-state index in [1.807, 2.05) is 0 Å². The maximum absolute atomic E-state index is 13.4. The summed E-state index contributed by atoms with van der Waals surface area (Å²) in [4.78, 5) is 0. The highest BCUT2D eigenvalue weighted by Gasteiger charge is 3.00. The van der Waals surface area contributed by atoms with Gasteiger partial charge in [-0.3, -0.25) is 0 Å². The van der Waals surface area contributed by atoms with Crippen molar-refractivity contribution in [2.75, 3.05) is 5.33 Å². The second-order valence-electron chi connectivity index (χ2n) is 3.81. The maximum Gasteiger partial charge on any atom is 0.384 e. The zero-order valence-electron chi connectivity index (χ0n) is 8.24. The molecule has 0 saturated heterocycles. The van der Waals surface area contributed by atoms with Crippen LogP contribution in [0, 0.1) is 0 Å². The van der Waals surface area contributed by atoms with Crippen molar-refractivity contribution in [1.82, 2.24) is 0 Å².